The van der Waals surface area contributed by atoms with Crippen molar-refractivity contribution >= 4 is 5.97 Å². The molecule has 2 aromatic heterocycles. The molecule has 0 saturated heterocycles. The molecule has 2 aromatic rings. The Morgan fingerprint density at radius 2 is 2.21 bits per heavy atom. The molecule has 0 radical (unpaired) electrons. The Morgan fingerprint density at radius 3 is 2.50 bits per heavy atom. The van der Waals surface area contributed by atoms with Crippen LogP contribution in [0.1, 0.15) is 10.4 Å². The lowest BCUT2D eigenvalue weighted by atomic mass is 10.3. The Balaban J connectivity index is 0.000000165. The third-order valence-corrected chi connectivity index (χ3v) is 1.31. The first-order valence-corrected chi connectivity index (χ1v) is 3.88. The van der Waals surface area contributed by atoms with Crippen LogP contribution in [0.5, 0.6) is 0 Å². The van der Waals surface area contributed by atoms with Crippen LogP contribution < -0.4 is 0 Å². The van der Waals surface area contributed by atoms with Crippen LogP contribution in [-0.4, -0.2) is 26.3 Å². The zero-order chi connectivity index (χ0) is 10.2. The summed E-state index contributed by atoms with van der Waals surface area (Å²) in [6.07, 6.45) is 6.30. The summed E-state index contributed by atoms with van der Waals surface area (Å²) in [5.74, 6) is -0.942. The summed E-state index contributed by atoms with van der Waals surface area (Å²) in [4.78, 5) is 13.8. The minimum Gasteiger partial charge on any atom is -0.478 e. The lowest BCUT2D eigenvalue weighted by Gasteiger charge is -1.87. The molecule has 0 atom stereocenters. The lowest BCUT2D eigenvalue weighted by molar-refractivity contribution is 0.0696. The van der Waals surface area contributed by atoms with Crippen LogP contribution in [-0.2, 0) is 0 Å². The second-order valence-electron chi connectivity index (χ2n) is 2.31. The van der Waals surface area contributed by atoms with E-state index in [2.05, 4.69) is 15.2 Å². The van der Waals surface area contributed by atoms with E-state index < -0.39 is 5.97 Å². The summed E-state index contributed by atoms with van der Waals surface area (Å²) in [6, 6.07) is 4.92. The van der Waals surface area contributed by atoms with Crippen LogP contribution in [0.15, 0.2) is 43.0 Å². The van der Waals surface area contributed by atoms with E-state index in [1.54, 1.807) is 18.5 Å². The van der Waals surface area contributed by atoms with Gasteiger partial charge in [-0.1, -0.05) is 0 Å². The van der Waals surface area contributed by atoms with E-state index in [0.29, 0.717) is 0 Å². The van der Waals surface area contributed by atoms with Gasteiger partial charge >= 0.3 is 5.97 Å². The fourth-order valence-corrected chi connectivity index (χ4v) is 0.704. The molecule has 2 rings (SSSR count). The first-order chi connectivity index (χ1) is 6.80. The maximum absolute atomic E-state index is 10.2. The van der Waals surface area contributed by atoms with Gasteiger partial charge in [-0.3, -0.25) is 10.1 Å². The topological polar surface area (TPSA) is 78.9 Å². The van der Waals surface area contributed by atoms with Gasteiger partial charge in [-0.05, 0) is 18.2 Å². The summed E-state index contributed by atoms with van der Waals surface area (Å²) in [6.45, 7) is 0. The Bertz CT molecular complexity index is 342. The van der Waals surface area contributed by atoms with E-state index in [1.807, 2.05) is 6.07 Å². The highest BCUT2D eigenvalue weighted by atomic mass is 16.4. The standard InChI is InChI=1S/C6H5NO2.C3H4N2/c8-6(9)5-2-1-3-7-4-5;1-2-4-5-3-1/h1-4H,(H,8,9);1-3H,(H,4,5). The molecule has 0 amide bonds. The molecule has 2 N–H and O–H groups in total. The van der Waals surface area contributed by atoms with Crippen molar-refractivity contribution in [2.75, 3.05) is 0 Å². The molecule has 0 unspecified atom stereocenters. The second kappa shape index (κ2) is 5.47. The van der Waals surface area contributed by atoms with Crippen LogP contribution >= 0.6 is 0 Å². The van der Waals surface area contributed by atoms with Crippen molar-refractivity contribution in [3.8, 4) is 0 Å². The number of rotatable bonds is 1. The zero-order valence-electron chi connectivity index (χ0n) is 7.29. The summed E-state index contributed by atoms with van der Waals surface area (Å²) >= 11 is 0. The fraction of sp³-hybridized carbons (Fsp3) is 0. The molecule has 5 nitrogen and oxygen atoms in total. The zero-order valence-corrected chi connectivity index (χ0v) is 7.29. The predicted octanol–water partition coefficient (Wildman–Crippen LogP) is 1.19. The van der Waals surface area contributed by atoms with Gasteiger partial charge in [0.2, 0.25) is 0 Å². The molecule has 0 aliphatic carbocycles. The molecule has 14 heavy (non-hydrogen) atoms. The highest BCUT2D eigenvalue weighted by Crippen LogP contribution is 1.92. The number of pyridine rings is 1. The molecule has 0 spiro atoms. The first kappa shape index (κ1) is 9.91. The number of hydrogen-bond acceptors (Lipinski definition) is 3. The number of aromatic amines is 1. The average molecular weight is 191 g/mol. The minimum atomic E-state index is -0.942. The van der Waals surface area contributed by atoms with Gasteiger partial charge < -0.3 is 5.11 Å². The largest absolute Gasteiger partial charge is 0.478 e. The van der Waals surface area contributed by atoms with Gasteiger partial charge in [0.05, 0.1) is 5.56 Å². The molecule has 0 fully saturated rings. The number of aromatic nitrogens is 3. The molecule has 5 heteroatoms. The van der Waals surface area contributed by atoms with Gasteiger partial charge in [-0.25, -0.2) is 4.79 Å². The van der Waals surface area contributed by atoms with Crippen LogP contribution in [0.4, 0.5) is 0 Å². The summed E-state index contributed by atoms with van der Waals surface area (Å²) in [7, 11) is 0. The molecule has 0 bridgehead atoms. The quantitative estimate of drug-likeness (QED) is 0.709. The molecule has 0 aliphatic heterocycles. The molecule has 2 heterocycles. The van der Waals surface area contributed by atoms with Gasteiger partial charge in [-0.2, -0.15) is 5.10 Å². The average Bonchev–Trinajstić information content (AvgIpc) is 2.77. The second-order valence-corrected chi connectivity index (χ2v) is 2.31. The van der Waals surface area contributed by atoms with Gasteiger partial charge in [0.25, 0.3) is 0 Å². The Morgan fingerprint density at radius 1 is 1.36 bits per heavy atom. The van der Waals surface area contributed by atoms with Gasteiger partial charge in [-0.15, -0.1) is 0 Å². The normalized spacial score (nSPS) is 8.57. The third-order valence-electron chi connectivity index (χ3n) is 1.31. The number of carboxylic acid groups (broad SMARTS) is 1. The fourth-order valence-electron chi connectivity index (χ4n) is 0.704. The highest BCUT2D eigenvalue weighted by Gasteiger charge is 1.97. The number of hydrogen-bond donors (Lipinski definition) is 2. The Hall–Kier alpha value is -2.17. The number of nitrogens with zero attached hydrogens (tertiary/aromatic N) is 2. The van der Waals surface area contributed by atoms with Crippen LogP contribution in [0, 0.1) is 0 Å². The van der Waals surface area contributed by atoms with Crippen molar-refractivity contribution in [1.29, 1.82) is 0 Å². The smallest absolute Gasteiger partial charge is 0.337 e. The van der Waals surface area contributed by atoms with Crippen LogP contribution in [0.25, 0.3) is 0 Å². The van der Waals surface area contributed by atoms with Crippen LogP contribution in [0.3, 0.4) is 0 Å². The summed E-state index contributed by atoms with van der Waals surface area (Å²) in [5.41, 5.74) is 0.220. The van der Waals surface area contributed by atoms with Gasteiger partial charge in [0, 0.05) is 24.8 Å². The van der Waals surface area contributed by atoms with E-state index in [4.69, 9.17) is 5.11 Å². The predicted molar refractivity (Wildman–Crippen MR) is 49.8 cm³/mol. The van der Waals surface area contributed by atoms with E-state index in [0.717, 1.165) is 0 Å². The molecular formula is C9H9N3O2. The van der Waals surface area contributed by atoms with E-state index >= 15 is 0 Å². The molecule has 0 aliphatic rings. The van der Waals surface area contributed by atoms with Gasteiger partial charge in [0.15, 0.2) is 0 Å². The number of nitrogens with one attached hydrogen (secondary N) is 1. The summed E-state index contributed by atoms with van der Waals surface area (Å²) < 4.78 is 0. The molecule has 72 valence electrons. The Kier molecular flexibility index (Phi) is 3.87. The minimum absolute atomic E-state index is 0.220. The van der Waals surface area contributed by atoms with Crippen molar-refractivity contribution in [2.24, 2.45) is 0 Å². The van der Waals surface area contributed by atoms with Crippen molar-refractivity contribution in [2.45, 2.75) is 0 Å². The SMILES string of the molecule is O=C(O)c1cccnc1.c1cn[nH]c1. The Labute approximate surface area is 80.4 Å². The maximum Gasteiger partial charge on any atom is 0.337 e. The molecular weight excluding hydrogens is 182 g/mol. The van der Waals surface area contributed by atoms with E-state index in [9.17, 15) is 4.79 Å². The number of carbonyl (C=O) groups is 1. The van der Waals surface area contributed by atoms with Gasteiger partial charge in [0.1, 0.15) is 0 Å². The summed E-state index contributed by atoms with van der Waals surface area (Å²) in [5, 5.41) is 14.6. The number of aromatic carboxylic acids is 1. The van der Waals surface area contributed by atoms with Crippen molar-refractivity contribution < 1.29 is 9.90 Å². The van der Waals surface area contributed by atoms with E-state index in [-0.39, 0.29) is 5.56 Å². The molecule has 0 saturated carbocycles. The highest BCUT2D eigenvalue weighted by molar-refractivity contribution is 5.86. The number of carboxylic acids is 1. The third kappa shape index (κ3) is 3.48. The maximum atomic E-state index is 10.2. The first-order valence-electron chi connectivity index (χ1n) is 3.88. The van der Waals surface area contributed by atoms with Crippen molar-refractivity contribution in [3.05, 3.63) is 48.5 Å². The molecule has 0 aromatic carbocycles. The lowest BCUT2D eigenvalue weighted by Crippen LogP contribution is -1.94. The van der Waals surface area contributed by atoms with Crippen molar-refractivity contribution in [3.63, 3.8) is 0 Å². The van der Waals surface area contributed by atoms with E-state index in [1.165, 1.54) is 18.5 Å². The monoisotopic (exact) mass is 191 g/mol. The number of H-pyrrole nitrogens is 1. The van der Waals surface area contributed by atoms with Crippen LogP contribution in [0.2, 0.25) is 0 Å². The van der Waals surface area contributed by atoms with Crippen molar-refractivity contribution in [1.82, 2.24) is 15.2 Å².